The van der Waals surface area contributed by atoms with E-state index >= 15 is 0 Å². The summed E-state index contributed by atoms with van der Waals surface area (Å²) in [5, 5.41) is 5.78. The van der Waals surface area contributed by atoms with Gasteiger partial charge in [0.15, 0.2) is 5.76 Å². The van der Waals surface area contributed by atoms with E-state index in [1.807, 2.05) is 49.4 Å². The maximum atomic E-state index is 13.5. The maximum Gasteiger partial charge on any atom is 0.282 e. The molecule has 0 saturated heterocycles. The first-order chi connectivity index (χ1) is 17.9. The molecule has 0 saturated carbocycles. The van der Waals surface area contributed by atoms with E-state index in [9.17, 15) is 4.79 Å². The van der Waals surface area contributed by atoms with Gasteiger partial charge in [0, 0.05) is 0 Å². The molecule has 0 aliphatic carbocycles. The Morgan fingerprint density at radius 2 is 1.84 bits per heavy atom. The number of para-hydroxylation sites is 1. The van der Waals surface area contributed by atoms with Crippen molar-refractivity contribution in [2.75, 3.05) is 7.11 Å². The zero-order valence-corrected chi connectivity index (χ0v) is 23.5. The Hall–Kier alpha value is -3.43. The average molecular weight is 625 g/mol. The summed E-state index contributed by atoms with van der Waals surface area (Å²) in [5.41, 5.74) is 1.63. The number of furan rings is 1. The van der Waals surface area contributed by atoms with Crippen LogP contribution in [0.1, 0.15) is 25.8 Å². The van der Waals surface area contributed by atoms with Crippen LogP contribution in [0, 0.1) is 0 Å². The predicted molar refractivity (Wildman–Crippen MR) is 153 cm³/mol. The molecule has 9 heteroatoms. The lowest BCUT2D eigenvalue weighted by Crippen LogP contribution is -2.20. The molecular formula is C28H23Br2N3O4. The van der Waals surface area contributed by atoms with Gasteiger partial charge < -0.3 is 13.9 Å². The third kappa shape index (κ3) is 4.93. The molecule has 0 radical (unpaired) electrons. The van der Waals surface area contributed by atoms with Gasteiger partial charge in [-0.15, -0.1) is 0 Å². The summed E-state index contributed by atoms with van der Waals surface area (Å²) in [7, 11) is 1.60. The van der Waals surface area contributed by atoms with E-state index < -0.39 is 0 Å². The fourth-order valence-corrected chi connectivity index (χ4v) is 5.30. The van der Waals surface area contributed by atoms with Gasteiger partial charge in [-0.05, 0) is 93.2 Å². The van der Waals surface area contributed by atoms with E-state index in [4.69, 9.17) is 18.9 Å². The fourth-order valence-electron chi connectivity index (χ4n) is 3.89. The molecule has 0 amide bonds. The minimum atomic E-state index is -0.306. The van der Waals surface area contributed by atoms with Crippen LogP contribution in [0.3, 0.4) is 0 Å². The van der Waals surface area contributed by atoms with E-state index in [1.165, 1.54) is 4.68 Å². The molecule has 5 aromatic rings. The first-order valence-electron chi connectivity index (χ1n) is 11.7. The van der Waals surface area contributed by atoms with Crippen molar-refractivity contribution in [1.29, 1.82) is 0 Å². The summed E-state index contributed by atoms with van der Waals surface area (Å²) in [6.45, 7) is 4.08. The molecule has 0 fully saturated rings. The van der Waals surface area contributed by atoms with Gasteiger partial charge in [-0.2, -0.15) is 9.78 Å². The van der Waals surface area contributed by atoms with E-state index in [-0.39, 0.29) is 17.5 Å². The third-order valence-corrected chi connectivity index (χ3v) is 7.13. The van der Waals surface area contributed by atoms with Crippen molar-refractivity contribution in [2.24, 2.45) is 5.10 Å². The molecule has 0 bridgehead atoms. The topological polar surface area (TPSA) is 78.8 Å². The zero-order chi connectivity index (χ0) is 26.1. The molecule has 0 N–H and O–H groups in total. The summed E-state index contributed by atoms with van der Waals surface area (Å²) >= 11 is 7.18. The molecule has 0 aliphatic heterocycles. The Kier molecular flexibility index (Phi) is 7.17. The van der Waals surface area contributed by atoms with Crippen molar-refractivity contribution >= 4 is 59.9 Å². The van der Waals surface area contributed by atoms with Crippen LogP contribution in [-0.4, -0.2) is 29.1 Å². The zero-order valence-electron chi connectivity index (χ0n) is 20.4. The van der Waals surface area contributed by atoms with Crippen LogP contribution in [0.5, 0.6) is 11.5 Å². The first-order valence-corrected chi connectivity index (χ1v) is 13.3. The Balaban J connectivity index is 1.64. The number of nitrogens with zero attached hydrogens (tertiary/aromatic N) is 3. The summed E-state index contributed by atoms with van der Waals surface area (Å²) in [6, 6.07) is 18.3. The molecule has 1 atom stereocenters. The molecule has 0 aliphatic rings. The molecule has 188 valence electrons. The van der Waals surface area contributed by atoms with Gasteiger partial charge in [0.2, 0.25) is 5.82 Å². The fraction of sp³-hybridized carbons (Fsp3) is 0.179. The first kappa shape index (κ1) is 25.2. The van der Waals surface area contributed by atoms with Crippen LogP contribution in [-0.2, 0) is 0 Å². The quantitative estimate of drug-likeness (QED) is 0.176. The number of benzene rings is 3. The summed E-state index contributed by atoms with van der Waals surface area (Å²) in [4.78, 5) is 18.3. The van der Waals surface area contributed by atoms with Crippen molar-refractivity contribution in [3.8, 4) is 23.1 Å². The number of methoxy groups -OCH3 is 1. The van der Waals surface area contributed by atoms with Crippen LogP contribution < -0.4 is 15.0 Å². The van der Waals surface area contributed by atoms with E-state index in [0.717, 1.165) is 26.3 Å². The summed E-state index contributed by atoms with van der Waals surface area (Å²) < 4.78 is 20.4. The highest BCUT2D eigenvalue weighted by atomic mass is 79.9. The second kappa shape index (κ2) is 10.5. The normalized spacial score (nSPS) is 12.5. The summed E-state index contributed by atoms with van der Waals surface area (Å²) in [6.07, 6.45) is 2.56. The molecule has 7 nitrogen and oxygen atoms in total. The third-order valence-electron chi connectivity index (χ3n) is 5.95. The van der Waals surface area contributed by atoms with Crippen molar-refractivity contribution in [3.63, 3.8) is 0 Å². The van der Waals surface area contributed by atoms with Crippen LogP contribution in [0.25, 0.3) is 33.5 Å². The lowest BCUT2D eigenvalue weighted by Gasteiger charge is -2.16. The lowest BCUT2D eigenvalue weighted by molar-refractivity contribution is 0.214. The number of fused-ring (bicyclic) bond motifs is 2. The van der Waals surface area contributed by atoms with Gasteiger partial charge in [0.1, 0.15) is 17.1 Å². The number of hydrogen-bond donors (Lipinski definition) is 0. The highest BCUT2D eigenvalue weighted by Gasteiger charge is 2.18. The largest absolute Gasteiger partial charge is 0.496 e. The van der Waals surface area contributed by atoms with E-state index in [1.54, 1.807) is 31.5 Å². The van der Waals surface area contributed by atoms with E-state index in [2.05, 4.69) is 43.9 Å². The molecule has 37 heavy (non-hydrogen) atoms. The molecule has 3 aromatic carbocycles. The van der Waals surface area contributed by atoms with Crippen LogP contribution in [0.15, 0.2) is 83.9 Å². The van der Waals surface area contributed by atoms with Gasteiger partial charge in [-0.3, -0.25) is 4.79 Å². The van der Waals surface area contributed by atoms with Crippen molar-refractivity contribution in [2.45, 2.75) is 26.4 Å². The van der Waals surface area contributed by atoms with Crippen LogP contribution in [0.4, 0.5) is 0 Å². The second-order valence-electron chi connectivity index (χ2n) is 8.45. The van der Waals surface area contributed by atoms with Gasteiger partial charge in [0.05, 0.1) is 44.7 Å². The Labute approximate surface area is 230 Å². The monoisotopic (exact) mass is 623 g/mol. The predicted octanol–water partition coefficient (Wildman–Crippen LogP) is 7.40. The van der Waals surface area contributed by atoms with Crippen molar-refractivity contribution < 1.29 is 13.9 Å². The molecule has 2 heterocycles. The highest BCUT2D eigenvalue weighted by molar-refractivity contribution is 9.11. The Bertz CT molecular complexity index is 1680. The standard InChI is InChI=1S/C28H23Br2N3O4/c1-4-16(2)36-26-20(29)12-17(13-21(26)30)15-31-33-27(32-22-9-6-5-8-18(22)28(33)34)25-14-19-23(35-3)10-7-11-24(19)37-25/h5-16H,4H2,1-3H3/t16-/m1/s1. The van der Waals surface area contributed by atoms with Gasteiger partial charge in [-0.1, -0.05) is 25.1 Å². The number of halogens is 2. The average Bonchev–Trinajstić information content (AvgIpc) is 3.34. The molecule has 5 rings (SSSR count). The Morgan fingerprint density at radius 1 is 1.08 bits per heavy atom. The maximum absolute atomic E-state index is 13.5. The van der Waals surface area contributed by atoms with Crippen LogP contribution >= 0.6 is 31.9 Å². The molecule has 0 spiro atoms. The van der Waals surface area contributed by atoms with Crippen molar-refractivity contribution in [1.82, 2.24) is 9.66 Å². The molecule has 0 unspecified atom stereocenters. The van der Waals surface area contributed by atoms with Gasteiger partial charge in [0.25, 0.3) is 5.56 Å². The minimum absolute atomic E-state index is 0.0689. The SMILES string of the molecule is CC[C@@H](C)Oc1c(Br)cc(C=Nn2c(-c3cc4c(OC)cccc4o3)nc3ccccc3c2=O)cc1Br. The van der Waals surface area contributed by atoms with Crippen molar-refractivity contribution in [3.05, 3.63) is 85.5 Å². The molecule has 2 aromatic heterocycles. The van der Waals surface area contributed by atoms with Crippen LogP contribution in [0.2, 0.25) is 0 Å². The molecular weight excluding hydrogens is 602 g/mol. The number of aromatic nitrogens is 2. The second-order valence-corrected chi connectivity index (χ2v) is 10.2. The minimum Gasteiger partial charge on any atom is -0.496 e. The number of rotatable bonds is 7. The van der Waals surface area contributed by atoms with Gasteiger partial charge in [-0.25, -0.2) is 4.98 Å². The Morgan fingerprint density at radius 3 is 2.57 bits per heavy atom. The smallest absolute Gasteiger partial charge is 0.282 e. The highest BCUT2D eigenvalue weighted by Crippen LogP contribution is 2.36. The number of ether oxygens (including phenoxy) is 2. The van der Waals surface area contributed by atoms with E-state index in [0.29, 0.717) is 33.7 Å². The lowest BCUT2D eigenvalue weighted by atomic mass is 10.2. The van der Waals surface area contributed by atoms with Gasteiger partial charge >= 0.3 is 0 Å². The number of hydrogen-bond acceptors (Lipinski definition) is 6. The summed E-state index contributed by atoms with van der Waals surface area (Å²) in [5.74, 6) is 2.07.